The van der Waals surface area contributed by atoms with Crippen molar-refractivity contribution in [3.8, 4) is 0 Å². The quantitative estimate of drug-likeness (QED) is 0.809. The third-order valence-corrected chi connectivity index (χ3v) is 4.47. The third kappa shape index (κ3) is 4.27. The van der Waals surface area contributed by atoms with Crippen LogP contribution in [0.25, 0.3) is 0 Å². The van der Waals surface area contributed by atoms with Gasteiger partial charge in [-0.05, 0) is 26.3 Å². The fourth-order valence-electron chi connectivity index (χ4n) is 3.25. The summed E-state index contributed by atoms with van der Waals surface area (Å²) in [5, 5.41) is 0. The van der Waals surface area contributed by atoms with Gasteiger partial charge < -0.3 is 14.2 Å². The van der Waals surface area contributed by atoms with Crippen LogP contribution in [-0.4, -0.2) is 66.0 Å². The molecule has 26 heavy (non-hydrogen) atoms. The minimum Gasteiger partial charge on any atom is -0.445 e. The highest BCUT2D eigenvalue weighted by atomic mass is 16.6. The van der Waals surface area contributed by atoms with Crippen LogP contribution in [-0.2, 0) is 20.8 Å². The SMILES string of the molecule is CC(C)(C)OC(=O)N1CCN(C(=O)OCc2ccccc2)[C@@H]2COC[C@@H]21. The molecule has 2 saturated heterocycles. The van der Waals surface area contributed by atoms with E-state index in [9.17, 15) is 9.59 Å². The number of benzene rings is 1. The van der Waals surface area contributed by atoms with Crippen LogP contribution in [0.5, 0.6) is 0 Å². The molecule has 2 aliphatic heterocycles. The van der Waals surface area contributed by atoms with E-state index in [0.717, 1.165) is 5.56 Å². The van der Waals surface area contributed by atoms with Crippen LogP contribution in [0.4, 0.5) is 9.59 Å². The smallest absolute Gasteiger partial charge is 0.410 e. The van der Waals surface area contributed by atoms with Crippen molar-refractivity contribution in [1.82, 2.24) is 9.80 Å². The van der Waals surface area contributed by atoms with Crippen molar-refractivity contribution in [2.24, 2.45) is 0 Å². The van der Waals surface area contributed by atoms with Crippen molar-refractivity contribution in [3.63, 3.8) is 0 Å². The summed E-state index contributed by atoms with van der Waals surface area (Å²) in [4.78, 5) is 28.3. The van der Waals surface area contributed by atoms with Gasteiger partial charge in [0.05, 0.1) is 25.3 Å². The fourth-order valence-corrected chi connectivity index (χ4v) is 3.25. The molecule has 0 spiro atoms. The second-order valence-corrected chi connectivity index (χ2v) is 7.58. The Balaban J connectivity index is 1.61. The summed E-state index contributed by atoms with van der Waals surface area (Å²) in [6, 6.07) is 9.14. The number of hydrogen-bond acceptors (Lipinski definition) is 5. The Morgan fingerprint density at radius 2 is 1.62 bits per heavy atom. The Morgan fingerprint density at radius 3 is 2.19 bits per heavy atom. The number of nitrogens with zero attached hydrogens (tertiary/aromatic N) is 2. The Bertz CT molecular complexity index is 643. The number of carbonyl (C=O) groups excluding carboxylic acids is 2. The highest BCUT2D eigenvalue weighted by molar-refractivity contribution is 5.71. The fraction of sp³-hybridized carbons (Fsp3) is 0.579. The van der Waals surface area contributed by atoms with Gasteiger partial charge in [0, 0.05) is 13.1 Å². The van der Waals surface area contributed by atoms with Gasteiger partial charge in [0.2, 0.25) is 0 Å². The van der Waals surface area contributed by atoms with Crippen LogP contribution in [0.3, 0.4) is 0 Å². The van der Waals surface area contributed by atoms with Gasteiger partial charge in [-0.25, -0.2) is 9.59 Å². The Morgan fingerprint density at radius 1 is 1.04 bits per heavy atom. The van der Waals surface area contributed by atoms with Crippen LogP contribution in [0.15, 0.2) is 30.3 Å². The molecule has 1 aromatic rings. The summed E-state index contributed by atoms with van der Waals surface area (Å²) in [5.74, 6) is 0. The van der Waals surface area contributed by atoms with Crippen LogP contribution in [0, 0.1) is 0 Å². The standard InChI is InChI=1S/C19H26N2O5/c1-19(2,3)26-18(23)21-10-9-20(15-12-24-13-16(15)21)17(22)25-11-14-7-5-4-6-8-14/h4-8,15-16H,9-13H2,1-3H3/t15-,16+/m1/s1. The molecule has 3 rings (SSSR count). The molecule has 0 N–H and O–H groups in total. The van der Waals surface area contributed by atoms with Crippen molar-refractivity contribution in [2.75, 3.05) is 26.3 Å². The molecule has 0 radical (unpaired) electrons. The van der Waals surface area contributed by atoms with Gasteiger partial charge in [-0.2, -0.15) is 0 Å². The molecule has 2 fully saturated rings. The molecule has 0 aliphatic carbocycles. The van der Waals surface area contributed by atoms with Crippen molar-refractivity contribution in [3.05, 3.63) is 35.9 Å². The van der Waals surface area contributed by atoms with E-state index in [2.05, 4.69) is 0 Å². The second-order valence-electron chi connectivity index (χ2n) is 7.58. The minimum absolute atomic E-state index is 0.206. The molecular weight excluding hydrogens is 336 g/mol. The monoisotopic (exact) mass is 362 g/mol. The zero-order valence-corrected chi connectivity index (χ0v) is 15.5. The van der Waals surface area contributed by atoms with E-state index in [0.29, 0.717) is 26.3 Å². The lowest BCUT2D eigenvalue weighted by Crippen LogP contribution is -2.62. The minimum atomic E-state index is -0.558. The highest BCUT2D eigenvalue weighted by Gasteiger charge is 2.46. The molecule has 2 heterocycles. The zero-order chi connectivity index (χ0) is 18.7. The lowest BCUT2D eigenvalue weighted by atomic mass is 10.1. The number of amides is 2. The van der Waals surface area contributed by atoms with E-state index in [1.54, 1.807) is 9.80 Å². The summed E-state index contributed by atoms with van der Waals surface area (Å²) in [7, 11) is 0. The first-order valence-electron chi connectivity index (χ1n) is 8.90. The van der Waals surface area contributed by atoms with Crippen LogP contribution < -0.4 is 0 Å². The number of hydrogen-bond donors (Lipinski definition) is 0. The van der Waals surface area contributed by atoms with E-state index < -0.39 is 5.60 Å². The lowest BCUT2D eigenvalue weighted by molar-refractivity contribution is -0.0109. The molecule has 0 unspecified atom stereocenters. The van der Waals surface area contributed by atoms with Crippen LogP contribution in [0.2, 0.25) is 0 Å². The summed E-state index contributed by atoms with van der Waals surface area (Å²) >= 11 is 0. The molecule has 1 aromatic carbocycles. The molecule has 2 atom stereocenters. The summed E-state index contributed by atoms with van der Waals surface area (Å²) < 4.78 is 16.5. The highest BCUT2D eigenvalue weighted by Crippen LogP contribution is 2.26. The Kier molecular flexibility index (Phi) is 5.36. The number of piperazine rings is 1. The van der Waals surface area contributed by atoms with Gasteiger partial charge in [0.15, 0.2) is 0 Å². The number of rotatable bonds is 2. The summed E-state index contributed by atoms with van der Waals surface area (Å²) in [5.41, 5.74) is 0.380. The van der Waals surface area contributed by atoms with Crippen molar-refractivity contribution in [1.29, 1.82) is 0 Å². The third-order valence-electron chi connectivity index (χ3n) is 4.47. The molecule has 142 valence electrons. The van der Waals surface area contributed by atoms with Crippen molar-refractivity contribution in [2.45, 2.75) is 45.1 Å². The normalized spacial score (nSPS) is 22.7. The van der Waals surface area contributed by atoms with Gasteiger partial charge in [0.25, 0.3) is 0 Å². The van der Waals surface area contributed by atoms with E-state index in [1.807, 2.05) is 51.1 Å². The largest absolute Gasteiger partial charge is 0.445 e. The average Bonchev–Trinajstić information content (AvgIpc) is 3.07. The zero-order valence-electron chi connectivity index (χ0n) is 15.5. The first kappa shape index (κ1) is 18.5. The number of ether oxygens (including phenoxy) is 3. The van der Waals surface area contributed by atoms with Gasteiger partial charge in [-0.15, -0.1) is 0 Å². The average molecular weight is 362 g/mol. The van der Waals surface area contributed by atoms with Gasteiger partial charge in [-0.3, -0.25) is 9.80 Å². The molecule has 0 saturated carbocycles. The molecule has 2 amide bonds. The predicted molar refractivity (Wildman–Crippen MR) is 94.7 cm³/mol. The molecule has 2 aliphatic rings. The first-order valence-corrected chi connectivity index (χ1v) is 8.90. The Hall–Kier alpha value is -2.28. The van der Waals surface area contributed by atoms with Crippen molar-refractivity contribution < 1.29 is 23.8 Å². The van der Waals surface area contributed by atoms with E-state index in [-0.39, 0.29) is 30.9 Å². The first-order chi connectivity index (χ1) is 12.3. The molecule has 0 bridgehead atoms. The van der Waals surface area contributed by atoms with Gasteiger partial charge in [-0.1, -0.05) is 30.3 Å². The van der Waals surface area contributed by atoms with E-state index >= 15 is 0 Å². The summed E-state index contributed by atoms with van der Waals surface area (Å²) in [6.45, 7) is 7.33. The lowest BCUT2D eigenvalue weighted by Gasteiger charge is -2.42. The topological polar surface area (TPSA) is 68.3 Å². The van der Waals surface area contributed by atoms with Gasteiger partial charge in [0.1, 0.15) is 12.2 Å². The molecule has 0 aromatic heterocycles. The number of fused-ring (bicyclic) bond motifs is 1. The predicted octanol–water partition coefficient (Wildman–Crippen LogP) is 2.64. The second kappa shape index (κ2) is 7.53. The molecular formula is C19H26N2O5. The Labute approximate surface area is 153 Å². The summed E-state index contributed by atoms with van der Waals surface area (Å²) in [6.07, 6.45) is -0.742. The maximum absolute atomic E-state index is 12.5. The maximum Gasteiger partial charge on any atom is 0.410 e. The van der Waals surface area contributed by atoms with E-state index in [1.165, 1.54) is 0 Å². The molecule has 7 heteroatoms. The van der Waals surface area contributed by atoms with E-state index in [4.69, 9.17) is 14.2 Å². The van der Waals surface area contributed by atoms with Crippen LogP contribution >= 0.6 is 0 Å². The van der Waals surface area contributed by atoms with Gasteiger partial charge >= 0.3 is 12.2 Å². The van der Waals surface area contributed by atoms with Crippen molar-refractivity contribution >= 4 is 12.2 Å². The molecule has 7 nitrogen and oxygen atoms in total. The maximum atomic E-state index is 12.5. The number of carbonyl (C=O) groups is 2. The van der Waals surface area contributed by atoms with Crippen LogP contribution in [0.1, 0.15) is 26.3 Å².